The van der Waals surface area contributed by atoms with Crippen molar-refractivity contribution in [1.29, 1.82) is 0 Å². The van der Waals surface area contributed by atoms with Crippen LogP contribution in [0.3, 0.4) is 0 Å². The van der Waals surface area contributed by atoms with E-state index < -0.39 is 22.1 Å². The lowest BCUT2D eigenvalue weighted by atomic mass is 9.61. The number of nitrogens with one attached hydrogen (secondary N) is 2. The number of amides is 1. The number of benzene rings is 1. The lowest BCUT2D eigenvalue weighted by Crippen LogP contribution is -2.60. The molecule has 2 saturated carbocycles. The first kappa shape index (κ1) is 23.0. The van der Waals surface area contributed by atoms with Gasteiger partial charge in [0.05, 0.1) is 20.5 Å². The van der Waals surface area contributed by atoms with E-state index in [0.29, 0.717) is 28.2 Å². The molecule has 0 radical (unpaired) electrons. The van der Waals surface area contributed by atoms with Gasteiger partial charge in [0.1, 0.15) is 16.5 Å². The van der Waals surface area contributed by atoms with Crippen LogP contribution in [0.15, 0.2) is 23.1 Å². The van der Waals surface area contributed by atoms with Crippen molar-refractivity contribution in [3.63, 3.8) is 0 Å². The van der Waals surface area contributed by atoms with Crippen molar-refractivity contribution >= 4 is 40.1 Å². The highest BCUT2D eigenvalue weighted by Crippen LogP contribution is 2.46. The molecule has 1 aromatic carbocycles. The summed E-state index contributed by atoms with van der Waals surface area (Å²) >= 11 is 12.2. The number of halogens is 2. The number of fused-ring (bicyclic) bond motifs is 2. The van der Waals surface area contributed by atoms with Gasteiger partial charge in [-0.1, -0.05) is 36.2 Å². The van der Waals surface area contributed by atoms with Gasteiger partial charge in [0.2, 0.25) is 5.91 Å². The van der Waals surface area contributed by atoms with Gasteiger partial charge in [-0.15, -0.1) is 0 Å². The maximum Gasteiger partial charge on any atom is 0.240 e. The van der Waals surface area contributed by atoms with Gasteiger partial charge < -0.3 is 10.4 Å². The number of hydrogen-bond donors (Lipinski definition) is 3. The van der Waals surface area contributed by atoms with Gasteiger partial charge in [-0.05, 0) is 76.3 Å². The molecule has 2 aliphatic rings. The summed E-state index contributed by atoms with van der Waals surface area (Å²) < 4.78 is 15.7. The summed E-state index contributed by atoms with van der Waals surface area (Å²) in [5.41, 5.74) is -1.75. The molecule has 0 aromatic heterocycles. The van der Waals surface area contributed by atoms with E-state index in [-0.39, 0.29) is 22.9 Å². The Hall–Kier alpha value is -0.660. The Bertz CT molecular complexity index is 813. The Morgan fingerprint density at radius 2 is 1.97 bits per heavy atom. The Morgan fingerprint density at radius 3 is 2.66 bits per heavy atom. The van der Waals surface area contributed by atoms with Crippen LogP contribution in [0, 0.1) is 17.8 Å². The van der Waals surface area contributed by atoms with Gasteiger partial charge in [-0.2, -0.15) is 0 Å². The van der Waals surface area contributed by atoms with E-state index >= 15 is 0 Å². The quantitative estimate of drug-likeness (QED) is 0.619. The summed E-state index contributed by atoms with van der Waals surface area (Å²) in [5, 5.41) is 14.3. The van der Waals surface area contributed by atoms with Crippen LogP contribution < -0.4 is 10.0 Å². The Morgan fingerprint density at radius 1 is 1.28 bits per heavy atom. The average Bonchev–Trinajstić information content (AvgIpc) is 2.58. The second-order valence-corrected chi connectivity index (χ2v) is 11.5. The first-order valence-electron chi connectivity index (χ1n) is 10.1. The summed E-state index contributed by atoms with van der Waals surface area (Å²) in [6, 6.07) is 4.92. The molecule has 2 aliphatic carbocycles. The number of aliphatic hydroxyl groups is 1. The van der Waals surface area contributed by atoms with Crippen LogP contribution in [-0.2, 0) is 15.8 Å². The summed E-state index contributed by atoms with van der Waals surface area (Å²) in [7, 11) is -1.70. The first-order chi connectivity index (χ1) is 13.4. The molecule has 3 N–H and O–H groups in total. The van der Waals surface area contributed by atoms with Crippen molar-refractivity contribution in [2.45, 2.75) is 75.5 Å². The van der Waals surface area contributed by atoms with Crippen LogP contribution in [0.1, 0.15) is 53.4 Å². The zero-order chi connectivity index (χ0) is 21.6. The number of carbonyl (C=O) groups excluding carboxylic acids is 1. The highest BCUT2D eigenvalue weighted by molar-refractivity contribution is 7.83. The molecular weight excluding hydrogens is 431 g/mol. The fourth-order valence-corrected chi connectivity index (χ4v) is 6.72. The van der Waals surface area contributed by atoms with Crippen LogP contribution in [0.4, 0.5) is 0 Å². The molecule has 0 saturated heterocycles. The zero-order valence-electron chi connectivity index (χ0n) is 17.3. The molecular formula is C21H30Cl2N2O3S. The minimum absolute atomic E-state index is 0.00482. The fraction of sp³-hybridized carbons (Fsp3) is 0.667. The SMILES string of the molecule is CC1CC2CC(CC(C)(O)C2)C1NC(=O)C(C)(C)NS(=O)c1cccc(Cl)c1Cl. The Balaban J connectivity index is 1.70. The average molecular weight is 461 g/mol. The zero-order valence-corrected chi connectivity index (χ0v) is 19.6. The lowest BCUT2D eigenvalue weighted by Gasteiger charge is -2.49. The van der Waals surface area contributed by atoms with E-state index in [2.05, 4.69) is 17.0 Å². The van der Waals surface area contributed by atoms with Crippen LogP contribution in [0.2, 0.25) is 10.0 Å². The van der Waals surface area contributed by atoms with Gasteiger partial charge in [0.15, 0.2) is 0 Å². The van der Waals surface area contributed by atoms with Crippen molar-refractivity contribution in [3.05, 3.63) is 28.2 Å². The van der Waals surface area contributed by atoms with Crippen molar-refractivity contribution in [2.24, 2.45) is 17.8 Å². The normalized spacial score (nSPS) is 33.2. The van der Waals surface area contributed by atoms with E-state index in [4.69, 9.17) is 23.2 Å². The van der Waals surface area contributed by atoms with Gasteiger partial charge in [0.25, 0.3) is 0 Å². The topological polar surface area (TPSA) is 78.4 Å². The molecule has 6 atom stereocenters. The molecule has 3 rings (SSSR count). The molecule has 29 heavy (non-hydrogen) atoms. The molecule has 1 amide bonds. The molecule has 0 spiro atoms. The Labute approximate surface area is 185 Å². The maximum absolute atomic E-state index is 13.1. The summed E-state index contributed by atoms with van der Waals surface area (Å²) in [4.78, 5) is 13.4. The van der Waals surface area contributed by atoms with Crippen molar-refractivity contribution in [2.75, 3.05) is 0 Å². The second kappa shape index (κ2) is 8.46. The highest BCUT2D eigenvalue weighted by Gasteiger charge is 2.46. The summed E-state index contributed by atoms with van der Waals surface area (Å²) in [5.74, 6) is 0.877. The standard InChI is InChI=1S/C21H30Cl2N2O3S/c1-12-8-13-9-14(11-21(4,27)10-13)18(12)24-19(26)20(2,3)25-29(28)16-7-5-6-15(22)17(16)23/h5-7,12-14,18,25,27H,8-11H2,1-4H3,(H,24,26). The third-order valence-corrected chi connectivity index (χ3v) is 8.59. The van der Waals surface area contributed by atoms with Gasteiger partial charge >= 0.3 is 0 Å². The van der Waals surface area contributed by atoms with E-state index in [9.17, 15) is 14.1 Å². The number of carbonyl (C=O) groups is 1. The predicted octanol–water partition coefficient (Wildman–Crippen LogP) is 4.08. The minimum Gasteiger partial charge on any atom is -0.390 e. The van der Waals surface area contributed by atoms with E-state index in [1.165, 1.54) is 0 Å². The number of hydrogen-bond acceptors (Lipinski definition) is 3. The number of rotatable bonds is 5. The van der Waals surface area contributed by atoms with Crippen LogP contribution in [-0.4, -0.2) is 32.4 Å². The van der Waals surface area contributed by atoms with Crippen molar-refractivity contribution in [1.82, 2.24) is 10.0 Å². The monoisotopic (exact) mass is 460 g/mol. The summed E-state index contributed by atoms with van der Waals surface area (Å²) in [6.45, 7) is 7.46. The molecule has 0 aliphatic heterocycles. The third kappa shape index (κ3) is 5.16. The smallest absolute Gasteiger partial charge is 0.240 e. The van der Waals surface area contributed by atoms with Crippen molar-refractivity contribution < 1.29 is 14.1 Å². The molecule has 2 bridgehead atoms. The molecule has 162 valence electrons. The fourth-order valence-electron chi connectivity index (χ4n) is 5.01. The van der Waals surface area contributed by atoms with Crippen LogP contribution >= 0.6 is 23.2 Å². The largest absolute Gasteiger partial charge is 0.390 e. The van der Waals surface area contributed by atoms with Crippen LogP contribution in [0.25, 0.3) is 0 Å². The predicted molar refractivity (Wildman–Crippen MR) is 117 cm³/mol. The molecule has 0 heterocycles. The minimum atomic E-state index is -1.70. The van der Waals surface area contributed by atoms with Crippen molar-refractivity contribution in [3.8, 4) is 0 Å². The van der Waals surface area contributed by atoms with Gasteiger partial charge in [-0.3, -0.25) is 4.79 Å². The molecule has 2 fully saturated rings. The third-order valence-electron chi connectivity index (χ3n) is 6.22. The molecule has 6 unspecified atom stereocenters. The first-order valence-corrected chi connectivity index (χ1v) is 12.0. The van der Waals surface area contributed by atoms with Gasteiger partial charge in [0, 0.05) is 6.04 Å². The molecule has 5 nitrogen and oxygen atoms in total. The van der Waals surface area contributed by atoms with E-state index in [0.717, 1.165) is 19.3 Å². The van der Waals surface area contributed by atoms with Crippen LogP contribution in [0.5, 0.6) is 0 Å². The second-order valence-electron chi connectivity index (χ2n) is 9.53. The van der Waals surface area contributed by atoms with E-state index in [1.54, 1.807) is 32.0 Å². The van der Waals surface area contributed by atoms with Gasteiger partial charge in [-0.25, -0.2) is 8.93 Å². The molecule has 1 aromatic rings. The molecule has 8 heteroatoms. The highest BCUT2D eigenvalue weighted by atomic mass is 35.5. The van der Waals surface area contributed by atoms with E-state index in [1.807, 2.05) is 6.92 Å². The Kier molecular flexibility index (Phi) is 6.72. The summed E-state index contributed by atoms with van der Waals surface area (Å²) in [6.07, 6.45) is 3.55. The maximum atomic E-state index is 13.1. The lowest BCUT2D eigenvalue weighted by molar-refractivity contribution is -0.129.